The molecule has 0 radical (unpaired) electrons. The third kappa shape index (κ3) is 3.25. The minimum atomic E-state index is -0.423. The van der Waals surface area contributed by atoms with E-state index in [2.05, 4.69) is 16.7 Å². The molecule has 0 bridgehead atoms. The molecule has 1 aliphatic rings. The lowest BCUT2D eigenvalue weighted by atomic mass is 9.97. The Bertz CT molecular complexity index is 509. The van der Waals surface area contributed by atoms with Crippen LogP contribution in [0.2, 0.25) is 0 Å². The van der Waals surface area contributed by atoms with Gasteiger partial charge in [0.2, 0.25) is 0 Å². The predicted octanol–water partition coefficient (Wildman–Crippen LogP) is 3.02. The summed E-state index contributed by atoms with van der Waals surface area (Å²) >= 11 is 1.68. The largest absolute Gasteiger partial charge is 0.401 e. The van der Waals surface area contributed by atoms with Crippen LogP contribution in [0, 0.1) is 0 Å². The zero-order valence-corrected chi connectivity index (χ0v) is 12.4. The molecule has 0 unspecified atom stereocenters. The number of aromatic nitrogens is 1. The normalized spacial score (nSPS) is 18.9. The Labute approximate surface area is 122 Å². The van der Waals surface area contributed by atoms with E-state index in [0.717, 1.165) is 32.1 Å². The predicted molar refractivity (Wildman–Crippen MR) is 81.3 cm³/mol. The zero-order valence-electron chi connectivity index (χ0n) is 11.6. The van der Waals surface area contributed by atoms with Crippen molar-refractivity contribution < 1.29 is 4.39 Å². The van der Waals surface area contributed by atoms with Gasteiger partial charge in [0.15, 0.2) is 5.83 Å². The summed E-state index contributed by atoms with van der Waals surface area (Å²) in [5, 5.41) is 3.17. The molecule has 1 aliphatic heterocycles. The van der Waals surface area contributed by atoms with Crippen molar-refractivity contribution in [3.05, 3.63) is 40.0 Å². The van der Waals surface area contributed by atoms with E-state index >= 15 is 0 Å². The van der Waals surface area contributed by atoms with Gasteiger partial charge in [-0.3, -0.25) is 4.99 Å². The van der Waals surface area contributed by atoms with Gasteiger partial charge in [0.25, 0.3) is 0 Å². The molecule has 6 heteroatoms. The van der Waals surface area contributed by atoms with Crippen LogP contribution in [0.15, 0.2) is 40.0 Å². The van der Waals surface area contributed by atoms with E-state index in [0.29, 0.717) is 17.3 Å². The number of nitrogens with zero attached hydrogens (tertiary/aromatic N) is 3. The van der Waals surface area contributed by atoms with Gasteiger partial charge in [-0.25, -0.2) is 9.37 Å². The Kier molecular flexibility index (Phi) is 4.89. The Morgan fingerprint density at radius 2 is 2.30 bits per heavy atom. The number of thiazole rings is 1. The summed E-state index contributed by atoms with van der Waals surface area (Å²) in [6.45, 7) is 6.53. The van der Waals surface area contributed by atoms with Crippen molar-refractivity contribution in [3.63, 3.8) is 0 Å². The standard InChI is InChI=1S/C14H19FN4S/c1-10(16)13(12(15)9-17-2)19-6-3-11(4-7-19)14-18-5-8-20-14/h5,8-9,11H,2-4,6-7,16H2,1H3/b12-9+,13-10-. The molecule has 4 nitrogen and oxygen atoms in total. The number of piperidine rings is 1. The number of likely N-dealkylation sites (tertiary alicyclic amines) is 1. The van der Waals surface area contributed by atoms with E-state index < -0.39 is 5.83 Å². The third-order valence-electron chi connectivity index (χ3n) is 3.42. The maximum atomic E-state index is 14.0. The van der Waals surface area contributed by atoms with E-state index in [9.17, 15) is 4.39 Å². The number of rotatable bonds is 4. The SMILES string of the molecule is C=N/C=C(F)\C(=C(/C)N)N1CCC(c2nccs2)CC1. The number of aliphatic imine (C=N–C) groups is 1. The van der Waals surface area contributed by atoms with E-state index in [1.165, 1.54) is 5.01 Å². The number of nitrogens with two attached hydrogens (primary N) is 1. The molecule has 1 aromatic rings. The zero-order chi connectivity index (χ0) is 14.5. The second-order valence-electron chi connectivity index (χ2n) is 4.82. The average Bonchev–Trinajstić information content (AvgIpc) is 2.93. The number of allylic oxidation sites excluding steroid dienone is 2. The lowest BCUT2D eigenvalue weighted by molar-refractivity contribution is 0.256. The molecular formula is C14H19FN4S. The first-order valence-electron chi connectivity index (χ1n) is 6.56. The molecule has 0 amide bonds. The average molecular weight is 294 g/mol. The van der Waals surface area contributed by atoms with Crippen molar-refractivity contribution in [3.8, 4) is 0 Å². The van der Waals surface area contributed by atoms with Crippen molar-refractivity contribution in [1.82, 2.24) is 9.88 Å². The van der Waals surface area contributed by atoms with Gasteiger partial charge in [0.1, 0.15) is 0 Å². The van der Waals surface area contributed by atoms with Crippen LogP contribution >= 0.6 is 11.3 Å². The molecule has 2 N–H and O–H groups in total. The molecule has 0 spiro atoms. The lowest BCUT2D eigenvalue weighted by Gasteiger charge is -2.34. The van der Waals surface area contributed by atoms with Crippen LogP contribution in [0.1, 0.15) is 30.7 Å². The third-order valence-corrected chi connectivity index (χ3v) is 4.35. The molecule has 0 aromatic carbocycles. The number of halogens is 1. The van der Waals surface area contributed by atoms with E-state index in [-0.39, 0.29) is 0 Å². The van der Waals surface area contributed by atoms with Crippen molar-refractivity contribution in [1.29, 1.82) is 0 Å². The summed E-state index contributed by atoms with van der Waals surface area (Å²) in [6, 6.07) is 0. The lowest BCUT2D eigenvalue weighted by Crippen LogP contribution is -2.34. The fourth-order valence-electron chi connectivity index (χ4n) is 2.52. The van der Waals surface area contributed by atoms with Crippen LogP contribution in [0.25, 0.3) is 0 Å². The highest BCUT2D eigenvalue weighted by atomic mass is 32.1. The van der Waals surface area contributed by atoms with Crippen molar-refractivity contribution in [2.45, 2.75) is 25.7 Å². The van der Waals surface area contributed by atoms with Crippen molar-refractivity contribution >= 4 is 18.1 Å². The van der Waals surface area contributed by atoms with Crippen LogP contribution in [-0.4, -0.2) is 29.7 Å². The smallest absolute Gasteiger partial charge is 0.166 e. The molecule has 2 heterocycles. The summed E-state index contributed by atoms with van der Waals surface area (Å²) in [5.74, 6) is 0.0443. The van der Waals surface area contributed by atoms with Crippen molar-refractivity contribution in [2.24, 2.45) is 10.7 Å². The van der Waals surface area contributed by atoms with Gasteiger partial charge in [-0.15, -0.1) is 11.3 Å². The van der Waals surface area contributed by atoms with Crippen LogP contribution < -0.4 is 5.73 Å². The molecule has 108 valence electrons. The fourth-order valence-corrected chi connectivity index (χ4v) is 3.33. The Hall–Kier alpha value is -1.69. The van der Waals surface area contributed by atoms with Crippen LogP contribution in [0.4, 0.5) is 4.39 Å². The summed E-state index contributed by atoms with van der Waals surface area (Å²) in [6.07, 6.45) is 4.86. The molecule has 20 heavy (non-hydrogen) atoms. The van der Waals surface area contributed by atoms with E-state index in [1.807, 2.05) is 16.5 Å². The maximum absolute atomic E-state index is 14.0. The maximum Gasteiger partial charge on any atom is 0.166 e. The molecule has 0 aliphatic carbocycles. The molecule has 2 rings (SSSR count). The molecule has 0 saturated carbocycles. The Balaban J connectivity index is 2.07. The summed E-state index contributed by atoms with van der Waals surface area (Å²) in [5.41, 5.74) is 6.72. The van der Waals surface area contributed by atoms with E-state index in [1.54, 1.807) is 18.3 Å². The highest BCUT2D eigenvalue weighted by Crippen LogP contribution is 2.32. The molecule has 0 atom stereocenters. The Morgan fingerprint density at radius 1 is 1.60 bits per heavy atom. The molecular weight excluding hydrogens is 275 g/mol. The summed E-state index contributed by atoms with van der Waals surface area (Å²) in [4.78, 5) is 9.82. The topological polar surface area (TPSA) is 54.5 Å². The minimum Gasteiger partial charge on any atom is -0.401 e. The molecule has 1 aromatic heterocycles. The second kappa shape index (κ2) is 6.65. The van der Waals surface area contributed by atoms with Gasteiger partial charge in [0.05, 0.1) is 16.9 Å². The number of hydrogen-bond donors (Lipinski definition) is 1. The van der Waals surface area contributed by atoms with Crippen LogP contribution in [-0.2, 0) is 0 Å². The highest BCUT2D eigenvalue weighted by Gasteiger charge is 2.25. The minimum absolute atomic E-state index is 0.423. The van der Waals surface area contributed by atoms with Gasteiger partial charge in [-0.1, -0.05) is 0 Å². The Morgan fingerprint density at radius 3 is 2.80 bits per heavy atom. The summed E-state index contributed by atoms with van der Waals surface area (Å²) in [7, 11) is 0. The fraction of sp³-hybridized carbons (Fsp3) is 0.429. The molecule has 1 fully saturated rings. The van der Waals surface area contributed by atoms with E-state index in [4.69, 9.17) is 5.73 Å². The van der Waals surface area contributed by atoms with Crippen LogP contribution in [0.3, 0.4) is 0 Å². The van der Waals surface area contributed by atoms with Gasteiger partial charge < -0.3 is 10.6 Å². The quantitative estimate of drug-likeness (QED) is 0.686. The van der Waals surface area contributed by atoms with Gasteiger partial charge in [-0.05, 0) is 26.5 Å². The monoisotopic (exact) mass is 294 g/mol. The van der Waals surface area contributed by atoms with Gasteiger partial charge >= 0.3 is 0 Å². The van der Waals surface area contributed by atoms with Gasteiger partial charge in [0, 0.05) is 36.3 Å². The van der Waals surface area contributed by atoms with Gasteiger partial charge in [-0.2, -0.15) is 0 Å². The summed E-state index contributed by atoms with van der Waals surface area (Å²) < 4.78 is 14.0. The first-order chi connectivity index (χ1) is 9.63. The second-order valence-corrected chi connectivity index (χ2v) is 5.75. The first kappa shape index (κ1) is 14.7. The van der Waals surface area contributed by atoms with Crippen molar-refractivity contribution in [2.75, 3.05) is 13.1 Å². The first-order valence-corrected chi connectivity index (χ1v) is 7.44. The highest BCUT2D eigenvalue weighted by molar-refractivity contribution is 7.09. The molecule has 1 saturated heterocycles. The number of hydrogen-bond acceptors (Lipinski definition) is 5. The van der Waals surface area contributed by atoms with Crippen LogP contribution in [0.5, 0.6) is 0 Å².